The molecule has 1 aliphatic carbocycles. The van der Waals surface area contributed by atoms with Crippen molar-refractivity contribution in [1.29, 1.82) is 0 Å². The fraction of sp³-hybridized carbons (Fsp3) is 0.632. The average molecular weight is 319 g/mol. The highest BCUT2D eigenvalue weighted by Gasteiger charge is 2.17. The minimum atomic E-state index is 0.564. The fourth-order valence-electron chi connectivity index (χ4n) is 3.40. The van der Waals surface area contributed by atoms with Crippen LogP contribution in [0.1, 0.15) is 69.6 Å². The third-order valence-electron chi connectivity index (χ3n) is 4.59. The van der Waals surface area contributed by atoms with Crippen molar-refractivity contribution in [2.75, 3.05) is 5.32 Å². The van der Waals surface area contributed by atoms with E-state index in [2.05, 4.69) is 43.5 Å². The van der Waals surface area contributed by atoms with Crippen molar-refractivity contribution in [1.82, 2.24) is 5.32 Å². The van der Waals surface area contributed by atoms with E-state index in [0.717, 1.165) is 24.4 Å². The number of thiocarbonyl (C=S) groups is 1. The van der Waals surface area contributed by atoms with Crippen molar-refractivity contribution < 1.29 is 0 Å². The van der Waals surface area contributed by atoms with Gasteiger partial charge in [0.05, 0.1) is 0 Å². The molecule has 0 bridgehead atoms. The summed E-state index contributed by atoms with van der Waals surface area (Å²) in [4.78, 5) is 0. The SMILES string of the molecule is CCCc1cc(CC)c(NC(=S)NC2CCCC2)c(CC)c1. The molecule has 0 aromatic heterocycles. The number of rotatable bonds is 6. The molecular formula is C19H30N2S. The van der Waals surface area contributed by atoms with Gasteiger partial charge < -0.3 is 10.6 Å². The standard InChI is InChI=1S/C19H30N2S/c1-4-9-14-12-15(5-2)18(16(6-3)13-14)21-19(22)20-17-10-7-8-11-17/h12-13,17H,4-11H2,1-3H3,(H2,20,21,22). The summed E-state index contributed by atoms with van der Waals surface area (Å²) in [6.07, 6.45) is 9.58. The van der Waals surface area contributed by atoms with Crippen LogP contribution in [0.4, 0.5) is 5.69 Å². The predicted molar refractivity (Wildman–Crippen MR) is 101 cm³/mol. The van der Waals surface area contributed by atoms with Crippen molar-refractivity contribution >= 4 is 23.0 Å². The summed E-state index contributed by atoms with van der Waals surface area (Å²) in [6, 6.07) is 5.27. The van der Waals surface area contributed by atoms with Crippen LogP contribution in [0, 0.1) is 0 Å². The first-order valence-electron chi connectivity index (χ1n) is 8.90. The number of hydrogen-bond acceptors (Lipinski definition) is 1. The summed E-state index contributed by atoms with van der Waals surface area (Å²) in [5, 5.41) is 7.78. The average Bonchev–Trinajstić information content (AvgIpc) is 3.01. The second-order valence-corrected chi connectivity index (χ2v) is 6.73. The maximum Gasteiger partial charge on any atom is 0.171 e. The Bertz CT molecular complexity index is 479. The van der Waals surface area contributed by atoms with Crippen LogP contribution in [-0.4, -0.2) is 11.2 Å². The first-order chi connectivity index (χ1) is 10.7. The van der Waals surface area contributed by atoms with Crippen molar-refractivity contribution in [3.05, 3.63) is 28.8 Å². The van der Waals surface area contributed by atoms with Gasteiger partial charge in [0.25, 0.3) is 0 Å². The summed E-state index contributed by atoms with van der Waals surface area (Å²) in [5.41, 5.74) is 5.47. The van der Waals surface area contributed by atoms with Gasteiger partial charge in [0, 0.05) is 11.7 Å². The zero-order valence-electron chi connectivity index (χ0n) is 14.3. The monoisotopic (exact) mass is 318 g/mol. The Labute approximate surface area is 141 Å². The molecule has 3 heteroatoms. The lowest BCUT2D eigenvalue weighted by molar-refractivity contribution is 0.634. The van der Waals surface area contributed by atoms with E-state index < -0.39 is 0 Å². The zero-order chi connectivity index (χ0) is 15.9. The van der Waals surface area contributed by atoms with Gasteiger partial charge >= 0.3 is 0 Å². The van der Waals surface area contributed by atoms with E-state index in [4.69, 9.17) is 12.2 Å². The molecule has 122 valence electrons. The van der Waals surface area contributed by atoms with Crippen LogP contribution in [-0.2, 0) is 19.3 Å². The molecule has 1 aromatic rings. The fourth-order valence-corrected chi connectivity index (χ4v) is 3.66. The van der Waals surface area contributed by atoms with Crippen LogP contribution in [0.2, 0.25) is 0 Å². The van der Waals surface area contributed by atoms with E-state index in [1.165, 1.54) is 54.5 Å². The molecule has 0 atom stereocenters. The number of anilines is 1. The highest BCUT2D eigenvalue weighted by molar-refractivity contribution is 7.80. The van der Waals surface area contributed by atoms with Crippen molar-refractivity contribution in [2.24, 2.45) is 0 Å². The first-order valence-corrected chi connectivity index (χ1v) is 9.30. The molecule has 0 spiro atoms. The maximum absolute atomic E-state index is 5.55. The second kappa shape index (κ2) is 8.52. The van der Waals surface area contributed by atoms with Crippen LogP contribution >= 0.6 is 12.2 Å². The molecule has 0 amide bonds. The third-order valence-corrected chi connectivity index (χ3v) is 4.81. The molecule has 2 nitrogen and oxygen atoms in total. The van der Waals surface area contributed by atoms with Gasteiger partial charge in [-0.15, -0.1) is 0 Å². The molecule has 1 fully saturated rings. The van der Waals surface area contributed by atoms with Crippen LogP contribution in [0.25, 0.3) is 0 Å². The Morgan fingerprint density at radius 1 is 1.09 bits per heavy atom. The summed E-state index contributed by atoms with van der Waals surface area (Å²) in [5.74, 6) is 0. The molecule has 0 aliphatic heterocycles. The van der Waals surface area contributed by atoms with E-state index in [1.54, 1.807) is 0 Å². The van der Waals surface area contributed by atoms with Gasteiger partial charge in [-0.25, -0.2) is 0 Å². The Morgan fingerprint density at radius 2 is 1.68 bits per heavy atom. The maximum atomic E-state index is 5.55. The topological polar surface area (TPSA) is 24.1 Å². The van der Waals surface area contributed by atoms with E-state index in [0.29, 0.717) is 6.04 Å². The number of benzene rings is 1. The number of hydrogen-bond donors (Lipinski definition) is 2. The number of aryl methyl sites for hydroxylation is 3. The lowest BCUT2D eigenvalue weighted by Crippen LogP contribution is -2.36. The number of nitrogens with one attached hydrogen (secondary N) is 2. The molecule has 2 rings (SSSR count). The Hall–Kier alpha value is -1.09. The Kier molecular flexibility index (Phi) is 6.69. The van der Waals surface area contributed by atoms with Gasteiger partial charge in [-0.1, -0.05) is 52.2 Å². The molecular weight excluding hydrogens is 288 g/mol. The molecule has 22 heavy (non-hydrogen) atoms. The minimum Gasteiger partial charge on any atom is -0.360 e. The summed E-state index contributed by atoms with van der Waals surface area (Å²) >= 11 is 5.55. The molecule has 1 saturated carbocycles. The van der Waals surface area contributed by atoms with Gasteiger partial charge in [-0.2, -0.15) is 0 Å². The van der Waals surface area contributed by atoms with Gasteiger partial charge in [0.2, 0.25) is 0 Å². The lowest BCUT2D eigenvalue weighted by atomic mass is 9.97. The summed E-state index contributed by atoms with van der Waals surface area (Å²) in [6.45, 7) is 6.69. The van der Waals surface area contributed by atoms with Gasteiger partial charge in [0.15, 0.2) is 5.11 Å². The Morgan fingerprint density at radius 3 is 2.18 bits per heavy atom. The first kappa shape index (κ1) is 17.3. The summed E-state index contributed by atoms with van der Waals surface area (Å²) in [7, 11) is 0. The van der Waals surface area contributed by atoms with E-state index in [-0.39, 0.29) is 0 Å². The third kappa shape index (κ3) is 4.45. The van der Waals surface area contributed by atoms with E-state index in [9.17, 15) is 0 Å². The van der Waals surface area contributed by atoms with Crippen molar-refractivity contribution in [2.45, 2.75) is 78.2 Å². The smallest absolute Gasteiger partial charge is 0.171 e. The van der Waals surface area contributed by atoms with Gasteiger partial charge in [-0.05, 0) is 61.0 Å². The van der Waals surface area contributed by atoms with Crippen LogP contribution in [0.3, 0.4) is 0 Å². The largest absolute Gasteiger partial charge is 0.360 e. The normalized spacial score (nSPS) is 15.0. The van der Waals surface area contributed by atoms with Crippen LogP contribution in [0.5, 0.6) is 0 Å². The molecule has 0 saturated heterocycles. The molecule has 0 unspecified atom stereocenters. The zero-order valence-corrected chi connectivity index (χ0v) is 15.1. The highest BCUT2D eigenvalue weighted by atomic mass is 32.1. The van der Waals surface area contributed by atoms with Crippen LogP contribution in [0.15, 0.2) is 12.1 Å². The van der Waals surface area contributed by atoms with Gasteiger partial charge in [0.1, 0.15) is 0 Å². The lowest BCUT2D eigenvalue weighted by Gasteiger charge is -2.20. The predicted octanol–water partition coefficient (Wildman–Crippen LogP) is 4.99. The molecule has 0 heterocycles. The summed E-state index contributed by atoms with van der Waals surface area (Å²) < 4.78 is 0. The molecule has 1 aromatic carbocycles. The Balaban J connectivity index is 2.15. The quantitative estimate of drug-likeness (QED) is 0.722. The second-order valence-electron chi connectivity index (χ2n) is 6.33. The highest BCUT2D eigenvalue weighted by Crippen LogP contribution is 2.26. The molecule has 1 aliphatic rings. The van der Waals surface area contributed by atoms with Gasteiger partial charge in [-0.3, -0.25) is 0 Å². The molecule has 0 radical (unpaired) electrons. The van der Waals surface area contributed by atoms with Crippen LogP contribution < -0.4 is 10.6 Å². The minimum absolute atomic E-state index is 0.564. The van der Waals surface area contributed by atoms with Crippen molar-refractivity contribution in [3.8, 4) is 0 Å². The van der Waals surface area contributed by atoms with Crippen molar-refractivity contribution in [3.63, 3.8) is 0 Å². The molecule has 2 N–H and O–H groups in total. The van der Waals surface area contributed by atoms with E-state index in [1.807, 2.05) is 0 Å². The van der Waals surface area contributed by atoms with E-state index >= 15 is 0 Å².